The first-order chi connectivity index (χ1) is 25.6. The lowest BCUT2D eigenvalue weighted by Crippen LogP contribution is -2.54. The quantitative estimate of drug-likeness (QED) is 0.116. The number of aliphatic hydroxyl groups excluding tert-OH is 1. The molecular formula is C47H50N2O4. The number of nitrogens with one attached hydrogen (secondary N) is 1. The number of carbonyl (C=O) groups excluding carboxylic acids is 2. The van der Waals surface area contributed by atoms with Crippen LogP contribution in [0.4, 0.5) is 10.5 Å². The maximum atomic E-state index is 14.3. The van der Waals surface area contributed by atoms with E-state index in [-0.39, 0.29) is 24.3 Å². The van der Waals surface area contributed by atoms with E-state index in [1.807, 2.05) is 91.0 Å². The van der Waals surface area contributed by atoms with Crippen LogP contribution in [0, 0.1) is 5.41 Å². The third-order valence-corrected chi connectivity index (χ3v) is 12.0. The number of hydrogen-bond donors (Lipinski definition) is 3. The number of para-hydroxylation sites is 1. The van der Waals surface area contributed by atoms with Crippen molar-refractivity contribution in [3.8, 4) is 0 Å². The summed E-state index contributed by atoms with van der Waals surface area (Å²) in [6.07, 6.45) is 6.14. The molecule has 5 aromatic rings. The Morgan fingerprint density at radius 2 is 1.57 bits per heavy atom. The number of anilines is 1. The van der Waals surface area contributed by atoms with Gasteiger partial charge >= 0.3 is 6.03 Å². The Hall–Kier alpha value is -5.04. The van der Waals surface area contributed by atoms with Crippen LogP contribution in [0.2, 0.25) is 0 Å². The van der Waals surface area contributed by atoms with Crippen LogP contribution in [0.3, 0.4) is 0 Å². The molecule has 272 valence electrons. The molecule has 6 heteroatoms. The standard InChI is InChI=1S/C47H50N2O4/c1-33-13-12-27-46(2)43(41-25-23-34(29-39(50)24-22-33)30-42(41)44(51)36-15-5-3-6-16-36)26-28-47(46,53)32-49(45(52)48-38-19-7-4-8-20-38)31-37-18-11-17-35-14-9-10-21-40(35)37/h3-11,13-21,23,25,30,39,43,50,53H,12,22,24,26-29,31-32H2,1-2H3,(H,48,52). The van der Waals surface area contributed by atoms with Crippen LogP contribution in [0.5, 0.6) is 0 Å². The van der Waals surface area contributed by atoms with Gasteiger partial charge in [-0.25, -0.2) is 4.79 Å². The molecule has 6 nitrogen and oxygen atoms in total. The zero-order valence-electron chi connectivity index (χ0n) is 30.8. The van der Waals surface area contributed by atoms with Crippen LogP contribution in [0.1, 0.15) is 90.9 Å². The summed E-state index contributed by atoms with van der Waals surface area (Å²) in [6, 6.07) is 39.0. The van der Waals surface area contributed by atoms with E-state index in [4.69, 9.17) is 0 Å². The van der Waals surface area contributed by atoms with E-state index in [0.717, 1.165) is 40.3 Å². The Balaban J connectivity index is 1.31. The Morgan fingerprint density at radius 1 is 0.849 bits per heavy atom. The third kappa shape index (κ3) is 7.71. The maximum Gasteiger partial charge on any atom is 0.322 e. The summed E-state index contributed by atoms with van der Waals surface area (Å²) in [5.41, 5.74) is 4.04. The zero-order chi connectivity index (χ0) is 37.0. The lowest BCUT2D eigenvalue weighted by Gasteiger charge is -2.46. The first kappa shape index (κ1) is 36.3. The Bertz CT molecular complexity index is 2110. The molecule has 2 amide bonds. The molecule has 2 bridgehead atoms. The van der Waals surface area contributed by atoms with Crippen molar-refractivity contribution < 1.29 is 19.8 Å². The monoisotopic (exact) mass is 706 g/mol. The SMILES string of the molecule is CC1=CCCC2(C)C(CCC2(O)CN(Cc2cccc3ccccc23)C(=O)Nc2ccccc2)c2ccc(cc2C(=O)c2ccccc2)CC(O)CC1. The van der Waals surface area contributed by atoms with Crippen molar-refractivity contribution in [3.63, 3.8) is 0 Å². The smallest absolute Gasteiger partial charge is 0.322 e. The van der Waals surface area contributed by atoms with Crippen molar-refractivity contribution in [2.24, 2.45) is 5.41 Å². The van der Waals surface area contributed by atoms with Gasteiger partial charge in [0.1, 0.15) is 0 Å². The lowest BCUT2D eigenvalue weighted by molar-refractivity contribution is -0.0773. The van der Waals surface area contributed by atoms with Crippen molar-refractivity contribution in [3.05, 3.63) is 161 Å². The van der Waals surface area contributed by atoms with Gasteiger partial charge in [0.2, 0.25) is 0 Å². The van der Waals surface area contributed by atoms with E-state index >= 15 is 0 Å². The molecule has 3 aliphatic rings. The average Bonchev–Trinajstić information content (AvgIpc) is 3.42. The van der Waals surface area contributed by atoms with Gasteiger partial charge in [-0.05, 0) is 103 Å². The van der Waals surface area contributed by atoms with E-state index < -0.39 is 17.1 Å². The fraction of sp³-hybridized carbons (Fsp3) is 0.319. The number of nitrogens with zero attached hydrogens (tertiary/aromatic N) is 1. The van der Waals surface area contributed by atoms with Gasteiger partial charge in [0.05, 0.1) is 18.2 Å². The summed E-state index contributed by atoms with van der Waals surface area (Å²) in [6.45, 7) is 4.72. The fourth-order valence-corrected chi connectivity index (χ4v) is 8.82. The molecule has 3 N–H and O–H groups in total. The number of amides is 2. The molecule has 5 aromatic carbocycles. The highest BCUT2D eigenvalue weighted by Crippen LogP contribution is 2.59. The van der Waals surface area contributed by atoms with Gasteiger partial charge < -0.3 is 20.4 Å². The molecule has 1 fully saturated rings. The lowest BCUT2D eigenvalue weighted by atomic mass is 9.64. The van der Waals surface area contributed by atoms with Crippen molar-refractivity contribution in [1.29, 1.82) is 0 Å². The Labute approximate surface area is 313 Å². The van der Waals surface area contributed by atoms with Crippen LogP contribution >= 0.6 is 0 Å². The predicted molar refractivity (Wildman–Crippen MR) is 213 cm³/mol. The molecule has 1 saturated carbocycles. The molecule has 0 saturated heterocycles. The van der Waals surface area contributed by atoms with E-state index in [9.17, 15) is 19.8 Å². The Morgan fingerprint density at radius 3 is 2.36 bits per heavy atom. The van der Waals surface area contributed by atoms with Crippen LogP contribution in [-0.4, -0.2) is 45.2 Å². The van der Waals surface area contributed by atoms with Crippen molar-refractivity contribution >= 4 is 28.3 Å². The van der Waals surface area contributed by atoms with E-state index in [2.05, 4.69) is 55.6 Å². The maximum absolute atomic E-state index is 14.3. The van der Waals surface area contributed by atoms with Gasteiger partial charge in [0, 0.05) is 28.8 Å². The molecule has 0 radical (unpaired) electrons. The van der Waals surface area contributed by atoms with Gasteiger partial charge in [-0.3, -0.25) is 4.79 Å². The highest BCUT2D eigenvalue weighted by molar-refractivity contribution is 6.10. The summed E-state index contributed by atoms with van der Waals surface area (Å²) < 4.78 is 0. The second-order valence-corrected chi connectivity index (χ2v) is 15.4. The molecule has 4 unspecified atom stereocenters. The zero-order valence-corrected chi connectivity index (χ0v) is 30.8. The van der Waals surface area contributed by atoms with Crippen molar-refractivity contribution in [1.82, 2.24) is 4.90 Å². The van der Waals surface area contributed by atoms with Gasteiger partial charge in [-0.1, -0.05) is 122 Å². The molecular weight excluding hydrogens is 657 g/mol. The van der Waals surface area contributed by atoms with Crippen LogP contribution in [0.15, 0.2) is 133 Å². The summed E-state index contributed by atoms with van der Waals surface area (Å²) in [7, 11) is 0. The fourth-order valence-electron chi connectivity index (χ4n) is 8.82. The van der Waals surface area contributed by atoms with Crippen molar-refractivity contribution in [2.45, 2.75) is 83.0 Å². The topological polar surface area (TPSA) is 89.9 Å². The van der Waals surface area contributed by atoms with Crippen LogP contribution < -0.4 is 5.32 Å². The highest BCUT2D eigenvalue weighted by Gasteiger charge is 2.57. The third-order valence-electron chi connectivity index (χ3n) is 12.0. The van der Waals surface area contributed by atoms with Gasteiger partial charge in [0.25, 0.3) is 0 Å². The van der Waals surface area contributed by atoms with E-state index in [1.54, 1.807) is 4.90 Å². The second-order valence-electron chi connectivity index (χ2n) is 15.4. The number of ketones is 1. The molecule has 53 heavy (non-hydrogen) atoms. The normalized spacial score (nSPS) is 23.1. The molecule has 0 aliphatic heterocycles. The summed E-state index contributed by atoms with van der Waals surface area (Å²) in [4.78, 5) is 30.4. The number of hydrogen-bond acceptors (Lipinski definition) is 4. The molecule has 0 heterocycles. The molecule has 4 atom stereocenters. The highest BCUT2D eigenvalue weighted by atomic mass is 16.3. The number of aliphatic hydroxyl groups is 2. The van der Waals surface area contributed by atoms with Crippen LogP contribution in [-0.2, 0) is 13.0 Å². The second kappa shape index (κ2) is 15.5. The molecule has 0 aromatic heterocycles. The number of rotatable bonds is 7. The summed E-state index contributed by atoms with van der Waals surface area (Å²) in [5.74, 6) is -0.209. The van der Waals surface area contributed by atoms with Gasteiger partial charge in [-0.15, -0.1) is 0 Å². The van der Waals surface area contributed by atoms with Gasteiger partial charge in [0.15, 0.2) is 5.78 Å². The number of fused-ring (bicyclic) bond motifs is 9. The number of allylic oxidation sites excluding steroid dienone is 2. The number of carbonyl (C=O) groups is 2. The molecule has 0 spiro atoms. The number of urea groups is 1. The minimum absolute atomic E-state index is 0.0580. The predicted octanol–water partition coefficient (Wildman–Crippen LogP) is 9.84. The number of benzene rings is 5. The van der Waals surface area contributed by atoms with E-state index in [1.165, 1.54) is 5.57 Å². The van der Waals surface area contributed by atoms with E-state index in [0.29, 0.717) is 55.5 Å². The molecule has 3 aliphatic carbocycles. The minimum Gasteiger partial charge on any atom is -0.393 e. The largest absolute Gasteiger partial charge is 0.393 e. The minimum atomic E-state index is -1.27. The first-order valence-corrected chi connectivity index (χ1v) is 19.0. The average molecular weight is 707 g/mol. The summed E-state index contributed by atoms with van der Waals surface area (Å²) in [5, 5.41) is 29.4. The summed E-state index contributed by atoms with van der Waals surface area (Å²) >= 11 is 0. The Kier molecular flexibility index (Phi) is 10.6. The first-order valence-electron chi connectivity index (χ1n) is 19.0. The van der Waals surface area contributed by atoms with Crippen LogP contribution in [0.25, 0.3) is 10.8 Å². The van der Waals surface area contributed by atoms with Crippen molar-refractivity contribution in [2.75, 3.05) is 11.9 Å². The molecule has 8 rings (SSSR count). The van der Waals surface area contributed by atoms with Gasteiger partial charge in [-0.2, -0.15) is 0 Å².